The van der Waals surface area contributed by atoms with Crippen molar-refractivity contribution in [1.82, 2.24) is 4.31 Å². The Morgan fingerprint density at radius 2 is 2.11 bits per heavy atom. The molecule has 0 unspecified atom stereocenters. The molecule has 0 aromatic rings. The van der Waals surface area contributed by atoms with E-state index in [0.29, 0.717) is 19.0 Å². The van der Waals surface area contributed by atoms with Crippen LogP contribution >= 0.6 is 11.6 Å². The number of thiol groups is 1. The van der Waals surface area contributed by atoms with E-state index in [9.17, 15) is 8.42 Å². The van der Waals surface area contributed by atoms with E-state index < -0.39 is 10.9 Å². The zero-order valence-electron chi connectivity index (χ0n) is 5.21. The maximum absolute atomic E-state index is 10.2. The lowest BCUT2D eigenvalue weighted by Crippen LogP contribution is -2.23. The summed E-state index contributed by atoms with van der Waals surface area (Å²) in [6.45, 7) is 2.69. The number of alkyl halides is 1. The number of hydrogen-bond acceptors (Lipinski definition) is 2. The molecule has 0 aliphatic rings. The van der Waals surface area contributed by atoms with Crippen LogP contribution in [0.1, 0.15) is 6.92 Å². The first-order valence-corrected chi connectivity index (χ1v) is 4.34. The molecule has 0 rings (SSSR count). The first-order chi connectivity index (χ1) is 4.22. The van der Waals surface area contributed by atoms with Gasteiger partial charge in [0.1, 0.15) is 0 Å². The minimum absolute atomic E-state index is 0.358. The second-order valence-corrected chi connectivity index (χ2v) is 2.89. The van der Waals surface area contributed by atoms with E-state index >= 15 is 0 Å². The molecule has 0 aliphatic heterocycles. The van der Waals surface area contributed by atoms with Crippen LogP contribution in [0.2, 0.25) is 0 Å². The standard InChI is InChI=1S/C4H10ClNO2S/c1-2-6(4-3-5)9(7)8/h9H,2-4H2,1H3. The predicted octanol–water partition coefficient (Wildman–Crippen LogP) is 0.0735. The molecular formula is C4H10ClNO2S. The summed E-state index contributed by atoms with van der Waals surface area (Å²) in [7, 11) is -2.42. The van der Waals surface area contributed by atoms with Crippen molar-refractivity contribution in [2.24, 2.45) is 0 Å². The summed E-state index contributed by atoms with van der Waals surface area (Å²) in [5.41, 5.74) is 0. The zero-order valence-corrected chi connectivity index (χ0v) is 6.86. The van der Waals surface area contributed by atoms with Crippen molar-refractivity contribution >= 4 is 22.5 Å². The van der Waals surface area contributed by atoms with Gasteiger partial charge in [-0.3, -0.25) is 0 Å². The molecule has 0 spiro atoms. The SMILES string of the molecule is CCN(CCCl)[SH](=O)=O. The van der Waals surface area contributed by atoms with Gasteiger partial charge in [-0.05, 0) is 0 Å². The van der Waals surface area contributed by atoms with Crippen molar-refractivity contribution in [1.29, 1.82) is 0 Å². The lowest BCUT2D eigenvalue weighted by Gasteiger charge is -2.08. The quantitative estimate of drug-likeness (QED) is 0.481. The highest BCUT2D eigenvalue weighted by Crippen LogP contribution is 1.87. The van der Waals surface area contributed by atoms with E-state index in [0.717, 1.165) is 0 Å². The molecule has 0 saturated carbocycles. The number of hydrogen-bond donors (Lipinski definition) is 1. The lowest BCUT2D eigenvalue weighted by atomic mass is 10.7. The highest BCUT2D eigenvalue weighted by atomic mass is 35.5. The number of rotatable bonds is 4. The Kier molecular flexibility index (Phi) is 5.13. The number of nitrogens with zero attached hydrogens (tertiary/aromatic N) is 1. The normalized spacial score (nSPS) is 11.1. The van der Waals surface area contributed by atoms with Crippen LogP contribution in [0, 0.1) is 0 Å². The fraction of sp³-hybridized carbons (Fsp3) is 1.00. The van der Waals surface area contributed by atoms with Crippen LogP contribution in [0.15, 0.2) is 0 Å². The molecule has 56 valence electrons. The van der Waals surface area contributed by atoms with Gasteiger partial charge in [0.05, 0.1) is 0 Å². The fourth-order valence-corrected chi connectivity index (χ4v) is 1.27. The summed E-state index contributed by atoms with van der Waals surface area (Å²) in [6, 6.07) is 0. The third-order valence-corrected chi connectivity index (χ3v) is 2.05. The Morgan fingerprint density at radius 1 is 1.56 bits per heavy atom. The van der Waals surface area contributed by atoms with Crippen LogP contribution in [0.3, 0.4) is 0 Å². The molecule has 0 aromatic heterocycles. The van der Waals surface area contributed by atoms with Crippen molar-refractivity contribution in [3.05, 3.63) is 0 Å². The average Bonchev–Trinajstić information content (AvgIpc) is 1.82. The van der Waals surface area contributed by atoms with Gasteiger partial charge in [0.25, 0.3) is 0 Å². The second kappa shape index (κ2) is 5.02. The first-order valence-electron chi connectivity index (χ1n) is 2.67. The van der Waals surface area contributed by atoms with Crippen LogP contribution < -0.4 is 0 Å². The molecule has 0 amide bonds. The van der Waals surface area contributed by atoms with Crippen LogP contribution in [-0.2, 0) is 10.9 Å². The minimum atomic E-state index is -2.42. The largest absolute Gasteiger partial charge is 0.215 e. The van der Waals surface area contributed by atoms with Gasteiger partial charge in [0.2, 0.25) is 10.9 Å². The molecule has 3 nitrogen and oxygen atoms in total. The third kappa shape index (κ3) is 3.72. The maximum Gasteiger partial charge on any atom is 0.203 e. The molecular weight excluding hydrogens is 162 g/mol. The molecule has 9 heavy (non-hydrogen) atoms. The van der Waals surface area contributed by atoms with E-state index in [1.54, 1.807) is 6.92 Å². The highest BCUT2D eigenvalue weighted by Gasteiger charge is 2.00. The second-order valence-electron chi connectivity index (χ2n) is 1.47. The van der Waals surface area contributed by atoms with Gasteiger partial charge >= 0.3 is 0 Å². The van der Waals surface area contributed by atoms with Crippen molar-refractivity contribution in [2.45, 2.75) is 6.92 Å². The topological polar surface area (TPSA) is 37.4 Å². The lowest BCUT2D eigenvalue weighted by molar-refractivity contribution is 0.464. The highest BCUT2D eigenvalue weighted by molar-refractivity contribution is 7.69. The molecule has 0 heterocycles. The van der Waals surface area contributed by atoms with Gasteiger partial charge in [-0.25, -0.2) is 12.7 Å². The van der Waals surface area contributed by atoms with Crippen molar-refractivity contribution in [2.75, 3.05) is 19.0 Å². The Balaban J connectivity index is 3.68. The van der Waals surface area contributed by atoms with Gasteiger partial charge < -0.3 is 0 Å². The smallest absolute Gasteiger partial charge is 0.203 e. The molecule has 0 fully saturated rings. The Hall–Kier alpha value is 0.200. The van der Waals surface area contributed by atoms with E-state index in [4.69, 9.17) is 11.6 Å². The van der Waals surface area contributed by atoms with Gasteiger partial charge in [-0.1, -0.05) is 6.92 Å². The van der Waals surface area contributed by atoms with Crippen LogP contribution in [0.25, 0.3) is 0 Å². The van der Waals surface area contributed by atoms with E-state index in [1.807, 2.05) is 0 Å². The first kappa shape index (κ1) is 9.20. The summed E-state index contributed by atoms with van der Waals surface area (Å²) < 4.78 is 21.7. The molecule has 0 bridgehead atoms. The Bertz CT molecular complexity index is 129. The average molecular weight is 172 g/mol. The van der Waals surface area contributed by atoms with Crippen molar-refractivity contribution in [3.8, 4) is 0 Å². The fourth-order valence-electron chi connectivity index (χ4n) is 0.453. The molecule has 0 aromatic carbocycles. The molecule has 0 radical (unpaired) electrons. The van der Waals surface area contributed by atoms with Gasteiger partial charge in [0.15, 0.2) is 0 Å². The summed E-state index contributed by atoms with van der Waals surface area (Å²) >= 11 is 5.31. The Labute approximate surface area is 61.7 Å². The maximum atomic E-state index is 10.2. The molecule has 0 saturated heterocycles. The molecule has 0 N–H and O–H groups in total. The zero-order chi connectivity index (χ0) is 7.28. The summed E-state index contributed by atoms with van der Waals surface area (Å²) in [5.74, 6) is 0.358. The van der Waals surface area contributed by atoms with E-state index in [2.05, 4.69) is 0 Å². The number of halogens is 1. The van der Waals surface area contributed by atoms with E-state index in [-0.39, 0.29) is 0 Å². The van der Waals surface area contributed by atoms with E-state index in [1.165, 1.54) is 4.31 Å². The third-order valence-electron chi connectivity index (χ3n) is 0.939. The van der Waals surface area contributed by atoms with Crippen molar-refractivity contribution in [3.63, 3.8) is 0 Å². The summed E-state index contributed by atoms with van der Waals surface area (Å²) in [4.78, 5) is 0. The monoisotopic (exact) mass is 171 g/mol. The summed E-state index contributed by atoms with van der Waals surface area (Å²) in [6.07, 6.45) is 0. The predicted molar refractivity (Wildman–Crippen MR) is 38.3 cm³/mol. The van der Waals surface area contributed by atoms with Gasteiger partial charge in [0, 0.05) is 19.0 Å². The molecule has 5 heteroatoms. The van der Waals surface area contributed by atoms with Gasteiger partial charge in [-0.2, -0.15) is 0 Å². The van der Waals surface area contributed by atoms with Crippen LogP contribution in [0.4, 0.5) is 0 Å². The minimum Gasteiger partial charge on any atom is -0.215 e. The van der Waals surface area contributed by atoms with Crippen LogP contribution in [0.5, 0.6) is 0 Å². The molecule has 0 aliphatic carbocycles. The molecule has 0 atom stereocenters. The summed E-state index contributed by atoms with van der Waals surface area (Å²) in [5, 5.41) is 0. The van der Waals surface area contributed by atoms with Crippen LogP contribution in [-0.4, -0.2) is 31.7 Å². The van der Waals surface area contributed by atoms with Crippen molar-refractivity contribution < 1.29 is 8.42 Å². The Morgan fingerprint density at radius 3 is 2.22 bits per heavy atom. The van der Waals surface area contributed by atoms with Gasteiger partial charge in [-0.15, -0.1) is 11.6 Å².